The second-order valence-electron chi connectivity index (χ2n) is 16.2. The first kappa shape index (κ1) is 43.3. The maximum absolute atomic E-state index is 12.3. The van der Waals surface area contributed by atoms with Crippen LogP contribution in [-0.2, 0) is 9.53 Å². The van der Waals surface area contributed by atoms with Crippen molar-refractivity contribution in [2.75, 3.05) is 13.7 Å². The summed E-state index contributed by atoms with van der Waals surface area (Å²) in [5, 5.41) is 9.85. The smallest absolute Gasteiger partial charge is 0.164 e. The van der Waals surface area contributed by atoms with E-state index in [2.05, 4.69) is 60.6 Å². The molecule has 6 atom stereocenters. The molecule has 44 heavy (non-hydrogen) atoms. The molecule has 3 heteroatoms. The van der Waals surface area contributed by atoms with Crippen LogP contribution in [0.3, 0.4) is 0 Å². The van der Waals surface area contributed by atoms with Crippen molar-refractivity contribution in [3.8, 4) is 0 Å². The lowest BCUT2D eigenvalue weighted by Gasteiger charge is -2.22. The van der Waals surface area contributed by atoms with Crippen LogP contribution in [-0.4, -0.2) is 30.2 Å². The van der Waals surface area contributed by atoms with Crippen LogP contribution in [0.5, 0.6) is 0 Å². The van der Waals surface area contributed by atoms with E-state index in [9.17, 15) is 9.90 Å². The molecule has 0 aromatic rings. The topological polar surface area (TPSA) is 46.5 Å². The van der Waals surface area contributed by atoms with E-state index in [4.69, 9.17) is 4.74 Å². The number of ether oxygens (including phenoxy) is 1. The number of carbonyl (C=O) groups excluding carboxylic acids is 1. The molecule has 0 aromatic heterocycles. The third-order valence-electron chi connectivity index (χ3n) is 10.4. The Morgan fingerprint density at radius 3 is 1.55 bits per heavy atom. The van der Waals surface area contributed by atoms with Gasteiger partial charge in [0.25, 0.3) is 0 Å². The van der Waals surface area contributed by atoms with E-state index in [-0.39, 0.29) is 5.78 Å². The summed E-state index contributed by atoms with van der Waals surface area (Å²) in [6, 6.07) is 0. The van der Waals surface area contributed by atoms with Crippen molar-refractivity contribution < 1.29 is 14.6 Å². The van der Waals surface area contributed by atoms with Crippen LogP contribution in [0.2, 0.25) is 0 Å². The van der Waals surface area contributed by atoms with Crippen LogP contribution >= 0.6 is 0 Å². The quantitative estimate of drug-likeness (QED) is 0.0642. The Kier molecular flexibility index (Phi) is 26.0. The van der Waals surface area contributed by atoms with Gasteiger partial charge in [-0.15, -0.1) is 0 Å². The first-order valence-electron chi connectivity index (χ1n) is 19.2. The highest BCUT2D eigenvalue weighted by atomic mass is 16.5. The molecule has 0 bridgehead atoms. The molecule has 0 aromatic carbocycles. The Balaban J connectivity index is 3.88. The fourth-order valence-corrected chi connectivity index (χ4v) is 6.47. The van der Waals surface area contributed by atoms with Gasteiger partial charge in [0, 0.05) is 20.1 Å². The number of rotatable bonds is 30. The Bertz CT molecular complexity index is 696. The normalized spacial score (nSPS) is 16.7. The molecule has 0 aliphatic rings. The fraction of sp³-hybridized carbons (Fsp3) is 0.927. The second kappa shape index (κ2) is 26.4. The molecular formula is C41H80O3. The number of aliphatic hydroxyl groups excluding tert-OH is 1. The van der Waals surface area contributed by atoms with E-state index in [1.54, 1.807) is 7.11 Å². The Morgan fingerprint density at radius 2 is 1.07 bits per heavy atom. The lowest BCUT2D eigenvalue weighted by Crippen LogP contribution is -2.33. The maximum Gasteiger partial charge on any atom is 0.164 e. The number of methoxy groups -OCH3 is 1. The molecule has 0 amide bonds. The lowest BCUT2D eigenvalue weighted by atomic mass is 9.89. The highest BCUT2D eigenvalue weighted by molar-refractivity contribution is 5.86. The summed E-state index contributed by atoms with van der Waals surface area (Å²) >= 11 is 0. The maximum atomic E-state index is 12.3. The first-order chi connectivity index (χ1) is 20.8. The van der Waals surface area contributed by atoms with Crippen molar-refractivity contribution >= 4 is 5.78 Å². The molecule has 0 unspecified atom stereocenters. The third kappa shape index (κ3) is 24.5. The molecule has 0 aliphatic heterocycles. The number of ketones is 1. The van der Waals surface area contributed by atoms with Gasteiger partial charge in [-0.2, -0.15) is 0 Å². The zero-order chi connectivity index (χ0) is 33.4. The standard InChI is InChI=1S/C41H80O3/c1-33(2)18-13-21-36(5)27-17-29-39(32-42)28-16-26-35(4)20-12-11-19-34(3)22-14-23-37(6)24-15-25-38(7)30-31-40(43)41(8,9)44-10/h16,26,33-39,42H,11-15,17-25,27-32H2,1-10H3/b26-16+/t34-,35-,36+,37+,38+,39-/m0/s1. The third-order valence-corrected chi connectivity index (χ3v) is 10.4. The van der Waals surface area contributed by atoms with Crippen molar-refractivity contribution in [3.63, 3.8) is 0 Å². The van der Waals surface area contributed by atoms with E-state index < -0.39 is 5.60 Å². The minimum Gasteiger partial charge on any atom is -0.396 e. The van der Waals surface area contributed by atoms with E-state index in [1.807, 2.05) is 13.8 Å². The molecule has 262 valence electrons. The highest BCUT2D eigenvalue weighted by Crippen LogP contribution is 2.25. The van der Waals surface area contributed by atoms with Crippen molar-refractivity contribution in [3.05, 3.63) is 12.2 Å². The van der Waals surface area contributed by atoms with Gasteiger partial charge in [-0.1, -0.05) is 151 Å². The van der Waals surface area contributed by atoms with Crippen molar-refractivity contribution in [2.24, 2.45) is 41.4 Å². The number of hydrogen-bond acceptors (Lipinski definition) is 3. The fourth-order valence-electron chi connectivity index (χ4n) is 6.47. The summed E-state index contributed by atoms with van der Waals surface area (Å²) in [5.41, 5.74) is -0.642. The minimum absolute atomic E-state index is 0.224. The van der Waals surface area contributed by atoms with E-state index >= 15 is 0 Å². The number of carbonyl (C=O) groups is 1. The van der Waals surface area contributed by atoms with Crippen LogP contribution in [0.4, 0.5) is 0 Å². The molecule has 0 saturated carbocycles. The van der Waals surface area contributed by atoms with Crippen molar-refractivity contribution in [2.45, 2.75) is 190 Å². The molecule has 0 fully saturated rings. The van der Waals surface area contributed by atoms with Gasteiger partial charge < -0.3 is 9.84 Å². The van der Waals surface area contributed by atoms with Crippen LogP contribution in [0.1, 0.15) is 184 Å². The van der Waals surface area contributed by atoms with Crippen LogP contribution < -0.4 is 0 Å². The molecule has 1 N–H and O–H groups in total. The van der Waals surface area contributed by atoms with Gasteiger partial charge in [-0.3, -0.25) is 4.79 Å². The average molecular weight is 621 g/mol. The number of Topliss-reactive ketones (excluding diaryl/α,β-unsaturated/α-hetero) is 1. The van der Waals surface area contributed by atoms with Gasteiger partial charge in [0.2, 0.25) is 0 Å². The van der Waals surface area contributed by atoms with Gasteiger partial charge in [0.05, 0.1) is 0 Å². The zero-order valence-corrected chi connectivity index (χ0v) is 31.6. The largest absolute Gasteiger partial charge is 0.396 e. The molecule has 0 saturated heterocycles. The van der Waals surface area contributed by atoms with Crippen molar-refractivity contribution in [1.82, 2.24) is 0 Å². The summed E-state index contributed by atoms with van der Waals surface area (Å²) in [5.74, 6) is 5.21. The first-order valence-corrected chi connectivity index (χ1v) is 19.2. The van der Waals surface area contributed by atoms with Gasteiger partial charge in [0.1, 0.15) is 5.60 Å². The molecule has 0 aliphatic carbocycles. The highest BCUT2D eigenvalue weighted by Gasteiger charge is 2.26. The Labute approximate surface area is 277 Å². The molecular weight excluding hydrogens is 540 g/mol. The molecule has 3 nitrogen and oxygen atoms in total. The van der Waals surface area contributed by atoms with Crippen LogP contribution in [0.25, 0.3) is 0 Å². The van der Waals surface area contributed by atoms with Crippen LogP contribution in [0, 0.1) is 41.4 Å². The second-order valence-corrected chi connectivity index (χ2v) is 16.2. The summed E-state index contributed by atoms with van der Waals surface area (Å²) in [4.78, 5) is 12.3. The summed E-state index contributed by atoms with van der Waals surface area (Å²) in [6.45, 7) is 20.6. The predicted octanol–water partition coefficient (Wildman–Crippen LogP) is 12.4. The summed E-state index contributed by atoms with van der Waals surface area (Å²) in [7, 11) is 1.62. The zero-order valence-electron chi connectivity index (χ0n) is 31.6. The average Bonchev–Trinajstić information content (AvgIpc) is 2.97. The SMILES string of the molecule is COC(C)(C)C(=O)CC[C@H](C)CCC[C@H](C)CCC[C@@H](C)CCCC[C@H](C)/C=C/C[C@H](CO)CCC[C@H](C)CCCC(C)C. The van der Waals surface area contributed by atoms with Crippen molar-refractivity contribution in [1.29, 1.82) is 0 Å². The predicted molar refractivity (Wildman–Crippen MR) is 194 cm³/mol. The summed E-state index contributed by atoms with van der Waals surface area (Å²) in [6.07, 6.45) is 28.5. The van der Waals surface area contributed by atoms with E-state index in [0.29, 0.717) is 30.8 Å². The summed E-state index contributed by atoms with van der Waals surface area (Å²) < 4.78 is 5.32. The Morgan fingerprint density at radius 1 is 0.636 bits per heavy atom. The lowest BCUT2D eigenvalue weighted by molar-refractivity contribution is -0.137. The van der Waals surface area contributed by atoms with Gasteiger partial charge in [0.15, 0.2) is 5.78 Å². The molecule has 0 heterocycles. The number of aliphatic hydroxyl groups is 1. The van der Waals surface area contributed by atoms with Crippen LogP contribution in [0.15, 0.2) is 12.2 Å². The minimum atomic E-state index is -0.642. The van der Waals surface area contributed by atoms with E-state index in [0.717, 1.165) is 42.9 Å². The Hall–Kier alpha value is -0.670. The molecule has 0 rings (SSSR count). The van der Waals surface area contributed by atoms with Gasteiger partial charge in [-0.05, 0) is 81.0 Å². The van der Waals surface area contributed by atoms with Gasteiger partial charge >= 0.3 is 0 Å². The molecule has 0 spiro atoms. The number of unbranched alkanes of at least 4 members (excludes halogenated alkanes) is 1. The number of hydrogen-bond donors (Lipinski definition) is 1. The van der Waals surface area contributed by atoms with Gasteiger partial charge in [-0.25, -0.2) is 0 Å². The monoisotopic (exact) mass is 621 g/mol. The van der Waals surface area contributed by atoms with E-state index in [1.165, 1.54) is 96.3 Å². The molecule has 0 radical (unpaired) electrons. The number of allylic oxidation sites excluding steroid dienone is 2.